The lowest BCUT2D eigenvalue weighted by Gasteiger charge is -2.37. The molecule has 3 aromatic rings. The molecule has 1 saturated heterocycles. The Morgan fingerprint density at radius 1 is 1.21 bits per heavy atom. The summed E-state index contributed by atoms with van der Waals surface area (Å²) in [5, 5.41) is 16.4. The van der Waals surface area contributed by atoms with Crippen molar-refractivity contribution in [3.05, 3.63) is 30.2 Å². The number of aryl methyl sites for hydroxylation is 1. The van der Waals surface area contributed by atoms with Crippen LogP contribution in [-0.2, 0) is 6.42 Å². The lowest BCUT2D eigenvalue weighted by Crippen LogP contribution is -2.47. The van der Waals surface area contributed by atoms with Gasteiger partial charge in [-0.25, -0.2) is 0 Å². The van der Waals surface area contributed by atoms with E-state index in [1.165, 1.54) is 0 Å². The molecule has 1 unspecified atom stereocenters. The van der Waals surface area contributed by atoms with Gasteiger partial charge in [0.15, 0.2) is 11.5 Å². The molecule has 1 aliphatic heterocycles. The van der Waals surface area contributed by atoms with Crippen molar-refractivity contribution in [2.45, 2.75) is 26.3 Å². The molecule has 9 heteroatoms. The number of anilines is 1. The first kappa shape index (κ1) is 15.0. The van der Waals surface area contributed by atoms with Gasteiger partial charge in [0.1, 0.15) is 12.1 Å². The monoisotopic (exact) mass is 328 g/mol. The van der Waals surface area contributed by atoms with Crippen LogP contribution < -0.4 is 4.90 Å². The van der Waals surface area contributed by atoms with Gasteiger partial charge in [0, 0.05) is 32.6 Å². The van der Waals surface area contributed by atoms with E-state index in [1.54, 1.807) is 10.8 Å². The molecule has 0 spiro atoms. The fourth-order valence-corrected chi connectivity index (χ4v) is 2.96. The molecule has 0 bridgehead atoms. The van der Waals surface area contributed by atoms with Gasteiger partial charge in [0.2, 0.25) is 5.89 Å². The van der Waals surface area contributed by atoms with E-state index in [1.807, 2.05) is 19.1 Å². The van der Waals surface area contributed by atoms with Crippen LogP contribution in [0.15, 0.2) is 23.0 Å². The molecule has 0 aromatic carbocycles. The average Bonchev–Trinajstić information content (AvgIpc) is 3.29. The van der Waals surface area contributed by atoms with Crippen LogP contribution in [0.1, 0.15) is 31.6 Å². The zero-order valence-electron chi connectivity index (χ0n) is 13.8. The minimum Gasteiger partial charge on any atom is -0.353 e. The smallest absolute Gasteiger partial charge is 0.243 e. The first-order chi connectivity index (χ1) is 11.7. The minimum atomic E-state index is 0.133. The van der Waals surface area contributed by atoms with Gasteiger partial charge in [-0.05, 0) is 19.1 Å². The Morgan fingerprint density at radius 3 is 2.79 bits per heavy atom. The highest BCUT2D eigenvalue weighted by atomic mass is 16.5. The summed E-state index contributed by atoms with van der Waals surface area (Å²) in [6.45, 7) is 7.79. The largest absolute Gasteiger partial charge is 0.353 e. The molecular formula is C15H20N8O. The molecule has 1 fully saturated rings. The van der Waals surface area contributed by atoms with Gasteiger partial charge in [0.25, 0.3) is 0 Å². The van der Waals surface area contributed by atoms with Gasteiger partial charge in [-0.3, -0.25) is 4.90 Å². The minimum absolute atomic E-state index is 0.133. The highest BCUT2D eigenvalue weighted by molar-refractivity contribution is 5.45. The Balaban J connectivity index is 1.42. The first-order valence-corrected chi connectivity index (χ1v) is 8.23. The number of nitrogens with zero attached hydrogens (tertiary/aromatic N) is 8. The Kier molecular flexibility index (Phi) is 3.85. The van der Waals surface area contributed by atoms with Crippen LogP contribution in [0.5, 0.6) is 0 Å². The molecule has 0 saturated carbocycles. The lowest BCUT2D eigenvalue weighted by atomic mass is 10.2. The molecule has 0 radical (unpaired) electrons. The van der Waals surface area contributed by atoms with Crippen LogP contribution in [0.2, 0.25) is 0 Å². The Morgan fingerprint density at radius 2 is 2.04 bits per heavy atom. The van der Waals surface area contributed by atoms with Gasteiger partial charge in [-0.1, -0.05) is 12.1 Å². The van der Waals surface area contributed by atoms with E-state index in [-0.39, 0.29) is 6.04 Å². The predicted octanol–water partition coefficient (Wildman–Crippen LogP) is 0.953. The third-order valence-electron chi connectivity index (χ3n) is 4.49. The Labute approximate surface area is 139 Å². The van der Waals surface area contributed by atoms with E-state index in [0.29, 0.717) is 5.89 Å². The lowest BCUT2D eigenvalue weighted by molar-refractivity contribution is 0.164. The number of fused-ring (bicyclic) bond motifs is 1. The van der Waals surface area contributed by atoms with Crippen LogP contribution >= 0.6 is 0 Å². The maximum absolute atomic E-state index is 5.38. The first-order valence-electron chi connectivity index (χ1n) is 8.23. The van der Waals surface area contributed by atoms with E-state index >= 15 is 0 Å². The van der Waals surface area contributed by atoms with Gasteiger partial charge < -0.3 is 9.42 Å². The summed E-state index contributed by atoms with van der Waals surface area (Å²) >= 11 is 0. The van der Waals surface area contributed by atoms with Crippen molar-refractivity contribution in [3.63, 3.8) is 0 Å². The second kappa shape index (κ2) is 6.16. The normalized spacial score (nSPS) is 17.5. The number of rotatable bonds is 4. The second-order valence-corrected chi connectivity index (χ2v) is 5.93. The van der Waals surface area contributed by atoms with Gasteiger partial charge in [-0.15, -0.1) is 15.3 Å². The summed E-state index contributed by atoms with van der Waals surface area (Å²) in [4.78, 5) is 9.08. The summed E-state index contributed by atoms with van der Waals surface area (Å²) < 4.78 is 7.08. The fourth-order valence-electron chi connectivity index (χ4n) is 2.96. The molecular weight excluding hydrogens is 308 g/mol. The molecule has 0 aliphatic carbocycles. The van der Waals surface area contributed by atoms with Crippen LogP contribution in [0.3, 0.4) is 0 Å². The molecule has 4 heterocycles. The summed E-state index contributed by atoms with van der Waals surface area (Å²) in [6.07, 6.45) is 2.42. The van der Waals surface area contributed by atoms with E-state index in [4.69, 9.17) is 4.52 Å². The molecule has 3 aromatic heterocycles. The molecule has 0 amide bonds. The van der Waals surface area contributed by atoms with Crippen molar-refractivity contribution in [1.29, 1.82) is 0 Å². The van der Waals surface area contributed by atoms with E-state index in [2.05, 4.69) is 42.2 Å². The molecule has 0 N–H and O–H groups in total. The predicted molar refractivity (Wildman–Crippen MR) is 86.7 cm³/mol. The summed E-state index contributed by atoms with van der Waals surface area (Å²) in [6, 6.07) is 4.07. The topological polar surface area (TPSA) is 88.5 Å². The number of hydrogen-bond acceptors (Lipinski definition) is 8. The molecule has 4 rings (SSSR count). The van der Waals surface area contributed by atoms with Crippen molar-refractivity contribution in [3.8, 4) is 0 Å². The summed E-state index contributed by atoms with van der Waals surface area (Å²) in [7, 11) is 0. The zero-order chi connectivity index (χ0) is 16.5. The number of hydrogen-bond donors (Lipinski definition) is 0. The zero-order valence-corrected chi connectivity index (χ0v) is 13.8. The van der Waals surface area contributed by atoms with Crippen LogP contribution in [0.25, 0.3) is 5.65 Å². The standard InChI is InChI=1S/C15H20N8O/c1-3-12-17-15(24-20-12)11(2)21-6-8-22(9-7-21)14-5-4-13-18-16-10-23(13)19-14/h4-5,10-11H,3,6-9H2,1-2H3. The summed E-state index contributed by atoms with van der Waals surface area (Å²) in [5.74, 6) is 2.41. The average molecular weight is 328 g/mol. The van der Waals surface area contributed by atoms with Crippen LogP contribution in [-0.4, -0.2) is 61.0 Å². The molecule has 24 heavy (non-hydrogen) atoms. The summed E-state index contributed by atoms with van der Waals surface area (Å²) in [5.41, 5.74) is 0.758. The van der Waals surface area contributed by atoms with E-state index in [9.17, 15) is 0 Å². The third kappa shape index (κ3) is 2.71. The van der Waals surface area contributed by atoms with Gasteiger partial charge in [-0.2, -0.15) is 9.50 Å². The maximum Gasteiger partial charge on any atom is 0.243 e. The van der Waals surface area contributed by atoms with E-state index in [0.717, 1.165) is 49.9 Å². The van der Waals surface area contributed by atoms with Gasteiger partial charge >= 0.3 is 0 Å². The highest BCUT2D eigenvalue weighted by Gasteiger charge is 2.26. The number of piperazine rings is 1. The van der Waals surface area contributed by atoms with Crippen molar-refractivity contribution >= 4 is 11.5 Å². The van der Waals surface area contributed by atoms with Crippen LogP contribution in [0.4, 0.5) is 5.82 Å². The van der Waals surface area contributed by atoms with Crippen LogP contribution in [0, 0.1) is 0 Å². The Hall–Kier alpha value is -2.55. The second-order valence-electron chi connectivity index (χ2n) is 5.93. The molecule has 1 aliphatic rings. The van der Waals surface area contributed by atoms with Crippen molar-refractivity contribution in [1.82, 2.24) is 34.9 Å². The van der Waals surface area contributed by atoms with Gasteiger partial charge in [0.05, 0.1) is 6.04 Å². The van der Waals surface area contributed by atoms with Crippen molar-refractivity contribution < 1.29 is 4.52 Å². The molecule has 1 atom stereocenters. The SMILES string of the molecule is CCc1noc(C(C)N2CCN(c3ccc4nncn4n3)CC2)n1. The third-order valence-corrected chi connectivity index (χ3v) is 4.49. The Bertz CT molecular complexity index is 820. The quantitative estimate of drug-likeness (QED) is 0.699. The molecule has 9 nitrogen and oxygen atoms in total. The van der Waals surface area contributed by atoms with E-state index < -0.39 is 0 Å². The van der Waals surface area contributed by atoms with Crippen molar-refractivity contribution in [2.75, 3.05) is 31.1 Å². The number of aromatic nitrogens is 6. The fraction of sp³-hybridized carbons (Fsp3) is 0.533. The molecule has 126 valence electrons. The highest BCUT2D eigenvalue weighted by Crippen LogP contribution is 2.22. The maximum atomic E-state index is 5.38. The van der Waals surface area contributed by atoms with Crippen molar-refractivity contribution in [2.24, 2.45) is 0 Å².